The van der Waals surface area contributed by atoms with E-state index in [1.54, 1.807) is 0 Å². The van der Waals surface area contributed by atoms with E-state index in [2.05, 4.69) is 36.6 Å². The Labute approximate surface area is 103 Å². The van der Waals surface area contributed by atoms with Gasteiger partial charge in [0.25, 0.3) is 0 Å². The molecule has 2 N–H and O–H groups in total. The van der Waals surface area contributed by atoms with Crippen LogP contribution in [0.5, 0.6) is 0 Å². The summed E-state index contributed by atoms with van der Waals surface area (Å²) in [5.74, 6) is 1.08. The summed E-state index contributed by atoms with van der Waals surface area (Å²) >= 11 is 0. The largest absolute Gasteiger partial charge is 0.325 e. The second kappa shape index (κ2) is 4.15. The van der Waals surface area contributed by atoms with Gasteiger partial charge in [0, 0.05) is 18.0 Å². The van der Waals surface area contributed by atoms with Crippen molar-refractivity contribution in [3.8, 4) is 0 Å². The first-order valence-corrected chi connectivity index (χ1v) is 6.13. The van der Waals surface area contributed by atoms with Crippen molar-refractivity contribution in [2.75, 3.05) is 0 Å². The Morgan fingerprint density at radius 1 is 1.29 bits per heavy atom. The molecule has 1 aromatic heterocycles. The van der Waals surface area contributed by atoms with Gasteiger partial charge in [-0.1, -0.05) is 12.1 Å². The van der Waals surface area contributed by atoms with Crippen LogP contribution in [0.4, 0.5) is 0 Å². The van der Waals surface area contributed by atoms with Gasteiger partial charge in [-0.15, -0.1) is 0 Å². The molecule has 92 valence electrons. The summed E-state index contributed by atoms with van der Waals surface area (Å²) in [6.45, 7) is 8.44. The average Bonchev–Trinajstić information content (AvgIpc) is 2.51. The molecule has 0 aliphatic heterocycles. The molecule has 0 spiro atoms. The van der Waals surface area contributed by atoms with E-state index in [1.165, 1.54) is 5.52 Å². The third-order valence-electron chi connectivity index (χ3n) is 2.80. The lowest BCUT2D eigenvalue weighted by atomic mass is 10.0. The molecular weight excluding hydrogens is 210 g/mol. The molecule has 3 heteroatoms. The number of para-hydroxylation sites is 2. The van der Waals surface area contributed by atoms with Crippen molar-refractivity contribution in [3.63, 3.8) is 0 Å². The highest BCUT2D eigenvalue weighted by Crippen LogP contribution is 2.22. The fraction of sp³-hybridized carbons (Fsp3) is 0.500. The highest BCUT2D eigenvalue weighted by Gasteiger charge is 2.19. The monoisotopic (exact) mass is 231 g/mol. The molecule has 0 saturated heterocycles. The summed E-state index contributed by atoms with van der Waals surface area (Å²) in [4.78, 5) is 4.70. The lowest BCUT2D eigenvalue weighted by Gasteiger charge is -2.20. The second-order valence-corrected chi connectivity index (χ2v) is 5.65. The van der Waals surface area contributed by atoms with Crippen LogP contribution in [-0.4, -0.2) is 15.1 Å². The summed E-state index contributed by atoms with van der Waals surface area (Å²) in [7, 11) is 0. The third kappa shape index (κ3) is 2.50. The maximum atomic E-state index is 6.11. The molecule has 0 bridgehead atoms. The van der Waals surface area contributed by atoms with E-state index in [1.807, 2.05) is 19.9 Å². The van der Waals surface area contributed by atoms with Gasteiger partial charge in [0.15, 0.2) is 0 Å². The molecule has 0 atom stereocenters. The summed E-state index contributed by atoms with van der Waals surface area (Å²) in [5, 5.41) is 0. The van der Waals surface area contributed by atoms with Crippen LogP contribution in [0.3, 0.4) is 0 Å². The van der Waals surface area contributed by atoms with Crippen LogP contribution in [0.25, 0.3) is 11.0 Å². The van der Waals surface area contributed by atoms with E-state index >= 15 is 0 Å². The Morgan fingerprint density at radius 2 is 1.94 bits per heavy atom. The van der Waals surface area contributed by atoms with E-state index in [-0.39, 0.29) is 5.54 Å². The predicted octanol–water partition coefficient (Wildman–Crippen LogP) is 2.90. The Bertz CT molecular complexity index is 518. The van der Waals surface area contributed by atoms with Gasteiger partial charge in [0.05, 0.1) is 11.0 Å². The SMILES string of the molecule is CC(C)n1c(CC(C)(C)N)nc2ccccc21. The Hall–Kier alpha value is -1.35. The number of hydrogen-bond acceptors (Lipinski definition) is 2. The first-order chi connectivity index (χ1) is 7.88. The molecule has 2 aromatic rings. The van der Waals surface area contributed by atoms with Crippen molar-refractivity contribution < 1.29 is 0 Å². The number of benzene rings is 1. The van der Waals surface area contributed by atoms with Crippen molar-refractivity contribution in [2.24, 2.45) is 5.73 Å². The van der Waals surface area contributed by atoms with Gasteiger partial charge in [-0.3, -0.25) is 0 Å². The van der Waals surface area contributed by atoms with Crippen molar-refractivity contribution in [2.45, 2.75) is 45.7 Å². The van der Waals surface area contributed by atoms with Gasteiger partial charge in [-0.05, 0) is 39.8 Å². The van der Waals surface area contributed by atoms with Crippen molar-refractivity contribution in [3.05, 3.63) is 30.1 Å². The number of nitrogens with two attached hydrogens (primary N) is 1. The van der Waals surface area contributed by atoms with Crippen LogP contribution in [-0.2, 0) is 6.42 Å². The number of hydrogen-bond donors (Lipinski definition) is 1. The summed E-state index contributed by atoms with van der Waals surface area (Å²) in [5.41, 5.74) is 8.13. The van der Waals surface area contributed by atoms with Crippen molar-refractivity contribution >= 4 is 11.0 Å². The Morgan fingerprint density at radius 3 is 2.53 bits per heavy atom. The molecule has 2 rings (SSSR count). The van der Waals surface area contributed by atoms with Gasteiger partial charge < -0.3 is 10.3 Å². The highest BCUT2D eigenvalue weighted by molar-refractivity contribution is 5.76. The van der Waals surface area contributed by atoms with Gasteiger partial charge in [-0.2, -0.15) is 0 Å². The fourth-order valence-electron chi connectivity index (χ4n) is 2.20. The number of fused-ring (bicyclic) bond motifs is 1. The molecule has 0 aliphatic rings. The molecule has 3 nitrogen and oxygen atoms in total. The average molecular weight is 231 g/mol. The van der Waals surface area contributed by atoms with Crippen LogP contribution >= 0.6 is 0 Å². The predicted molar refractivity (Wildman–Crippen MR) is 72.1 cm³/mol. The highest BCUT2D eigenvalue weighted by atomic mass is 15.1. The van der Waals surface area contributed by atoms with Gasteiger partial charge in [-0.25, -0.2) is 4.98 Å². The second-order valence-electron chi connectivity index (χ2n) is 5.65. The molecule has 0 fully saturated rings. The molecule has 0 amide bonds. The molecule has 17 heavy (non-hydrogen) atoms. The Balaban J connectivity index is 2.58. The normalized spacial score (nSPS) is 12.6. The maximum absolute atomic E-state index is 6.11. The summed E-state index contributed by atoms with van der Waals surface area (Å²) in [6.07, 6.45) is 0.792. The minimum absolute atomic E-state index is 0.228. The van der Waals surface area contributed by atoms with Crippen LogP contribution in [0.15, 0.2) is 24.3 Å². The maximum Gasteiger partial charge on any atom is 0.111 e. The van der Waals surface area contributed by atoms with E-state index in [4.69, 9.17) is 10.7 Å². The van der Waals surface area contributed by atoms with E-state index < -0.39 is 0 Å². The minimum atomic E-state index is -0.228. The topological polar surface area (TPSA) is 43.8 Å². The Kier molecular flexibility index (Phi) is 2.96. The third-order valence-corrected chi connectivity index (χ3v) is 2.80. The van der Waals surface area contributed by atoms with Gasteiger partial charge in [0.1, 0.15) is 5.82 Å². The minimum Gasteiger partial charge on any atom is -0.325 e. The quantitative estimate of drug-likeness (QED) is 0.882. The fourth-order valence-corrected chi connectivity index (χ4v) is 2.20. The lowest BCUT2D eigenvalue weighted by Crippen LogP contribution is -2.35. The summed E-state index contributed by atoms with van der Waals surface area (Å²) < 4.78 is 2.28. The molecule has 0 saturated carbocycles. The molecule has 1 aromatic carbocycles. The van der Waals surface area contributed by atoms with E-state index in [0.29, 0.717) is 6.04 Å². The molecular formula is C14H21N3. The first kappa shape index (κ1) is 12.1. The first-order valence-electron chi connectivity index (χ1n) is 6.13. The van der Waals surface area contributed by atoms with Crippen LogP contribution in [0.2, 0.25) is 0 Å². The van der Waals surface area contributed by atoms with Crippen LogP contribution in [0, 0.1) is 0 Å². The molecule has 1 heterocycles. The molecule has 0 aliphatic carbocycles. The smallest absolute Gasteiger partial charge is 0.111 e. The van der Waals surface area contributed by atoms with Crippen molar-refractivity contribution in [1.29, 1.82) is 0 Å². The lowest BCUT2D eigenvalue weighted by molar-refractivity contribution is 0.475. The number of rotatable bonds is 3. The van der Waals surface area contributed by atoms with E-state index in [9.17, 15) is 0 Å². The standard InChI is InChI=1S/C14H21N3/c1-10(2)17-12-8-6-5-7-11(12)16-13(17)9-14(3,4)15/h5-8,10H,9,15H2,1-4H3. The molecule has 0 radical (unpaired) electrons. The number of aromatic nitrogens is 2. The van der Waals surface area contributed by atoms with Gasteiger partial charge >= 0.3 is 0 Å². The van der Waals surface area contributed by atoms with Crippen LogP contribution in [0.1, 0.15) is 39.6 Å². The zero-order chi connectivity index (χ0) is 12.6. The number of nitrogens with zero attached hydrogens (tertiary/aromatic N) is 2. The summed E-state index contributed by atoms with van der Waals surface area (Å²) in [6, 6.07) is 8.66. The van der Waals surface area contributed by atoms with Crippen LogP contribution < -0.4 is 5.73 Å². The molecule has 0 unspecified atom stereocenters. The van der Waals surface area contributed by atoms with Crippen molar-refractivity contribution in [1.82, 2.24) is 9.55 Å². The zero-order valence-corrected chi connectivity index (χ0v) is 11.1. The number of imidazole rings is 1. The zero-order valence-electron chi connectivity index (χ0n) is 11.1. The van der Waals surface area contributed by atoms with Gasteiger partial charge in [0.2, 0.25) is 0 Å². The van der Waals surface area contributed by atoms with E-state index in [0.717, 1.165) is 17.8 Å².